The molecule has 0 saturated heterocycles. The lowest BCUT2D eigenvalue weighted by atomic mass is 10.2. The monoisotopic (exact) mass is 466 g/mol. The Bertz CT molecular complexity index is 1030. The molecule has 0 heterocycles. The van der Waals surface area contributed by atoms with Crippen LogP contribution in [0.25, 0.3) is 0 Å². The van der Waals surface area contributed by atoms with E-state index in [0.29, 0.717) is 29.2 Å². The lowest BCUT2D eigenvalue weighted by Gasteiger charge is -2.06. The normalized spacial score (nSPS) is 10.6. The number of halogens is 1. The van der Waals surface area contributed by atoms with E-state index in [0.717, 1.165) is 10.0 Å². The predicted molar refractivity (Wildman–Crippen MR) is 118 cm³/mol. The smallest absolute Gasteiger partial charge is 0.343 e. The molecule has 0 saturated carbocycles. The van der Waals surface area contributed by atoms with Gasteiger partial charge in [0.2, 0.25) is 0 Å². The first kappa shape index (κ1) is 21.3. The zero-order chi connectivity index (χ0) is 21.3. The maximum absolute atomic E-state index is 12.2. The number of nitrogens with one attached hydrogen (secondary N) is 1. The second kappa shape index (κ2) is 10.4. The molecule has 0 bridgehead atoms. The molecule has 0 atom stereocenters. The molecule has 0 unspecified atom stereocenters. The number of benzene rings is 3. The van der Waals surface area contributed by atoms with E-state index in [1.165, 1.54) is 6.21 Å². The number of carbonyl (C=O) groups excluding carboxylic acids is 2. The summed E-state index contributed by atoms with van der Waals surface area (Å²) in [5.74, 6) is 0.343. The van der Waals surface area contributed by atoms with Crippen molar-refractivity contribution in [3.8, 4) is 11.5 Å². The van der Waals surface area contributed by atoms with Crippen molar-refractivity contribution in [1.82, 2.24) is 5.43 Å². The predicted octanol–water partition coefficient (Wildman–Crippen LogP) is 4.83. The van der Waals surface area contributed by atoms with Crippen LogP contribution in [0.3, 0.4) is 0 Å². The molecule has 30 heavy (non-hydrogen) atoms. The van der Waals surface area contributed by atoms with Crippen molar-refractivity contribution in [2.75, 3.05) is 6.61 Å². The number of nitrogens with zero attached hydrogens (tertiary/aromatic N) is 1. The Kier molecular flexibility index (Phi) is 7.34. The Balaban J connectivity index is 1.54. The third-order valence-corrected chi connectivity index (χ3v) is 4.51. The lowest BCUT2D eigenvalue weighted by Crippen LogP contribution is -2.17. The van der Waals surface area contributed by atoms with Crippen LogP contribution in [0.1, 0.15) is 33.2 Å². The zero-order valence-electron chi connectivity index (χ0n) is 16.2. The highest BCUT2D eigenvalue weighted by atomic mass is 79.9. The number of rotatable bonds is 7. The van der Waals surface area contributed by atoms with Crippen LogP contribution in [-0.4, -0.2) is 24.7 Å². The maximum atomic E-state index is 12.2. The van der Waals surface area contributed by atoms with Gasteiger partial charge in [-0.1, -0.05) is 15.9 Å². The average molecular weight is 467 g/mol. The summed E-state index contributed by atoms with van der Waals surface area (Å²) in [4.78, 5) is 24.2. The summed E-state index contributed by atoms with van der Waals surface area (Å²) in [6.07, 6.45) is 1.51. The SMILES string of the molecule is CCOc1ccc(C(=O)Oc2ccc(/C=N/NC(=O)c3ccc(Br)cc3)cc2)cc1. The summed E-state index contributed by atoms with van der Waals surface area (Å²) in [6.45, 7) is 2.46. The minimum atomic E-state index is -0.457. The van der Waals surface area contributed by atoms with Gasteiger partial charge in [0.15, 0.2) is 0 Å². The number of carbonyl (C=O) groups is 2. The Morgan fingerprint density at radius 2 is 1.50 bits per heavy atom. The van der Waals surface area contributed by atoms with Gasteiger partial charge in [-0.3, -0.25) is 4.79 Å². The molecule has 0 aromatic heterocycles. The Labute approximate surface area is 182 Å². The van der Waals surface area contributed by atoms with E-state index in [9.17, 15) is 9.59 Å². The van der Waals surface area contributed by atoms with Gasteiger partial charge in [0.05, 0.1) is 18.4 Å². The van der Waals surface area contributed by atoms with E-state index < -0.39 is 5.97 Å². The molecule has 7 heteroatoms. The van der Waals surface area contributed by atoms with Crippen molar-refractivity contribution in [1.29, 1.82) is 0 Å². The van der Waals surface area contributed by atoms with E-state index in [2.05, 4.69) is 26.5 Å². The molecule has 3 aromatic rings. The molecule has 0 radical (unpaired) electrons. The molecule has 6 nitrogen and oxygen atoms in total. The third-order valence-electron chi connectivity index (χ3n) is 3.98. The van der Waals surface area contributed by atoms with Gasteiger partial charge >= 0.3 is 5.97 Å². The molecular formula is C23H19BrN2O4. The van der Waals surface area contributed by atoms with Gasteiger partial charge in [0.25, 0.3) is 5.91 Å². The minimum Gasteiger partial charge on any atom is -0.494 e. The molecule has 0 aliphatic carbocycles. The third kappa shape index (κ3) is 6.02. The van der Waals surface area contributed by atoms with Crippen molar-refractivity contribution in [2.45, 2.75) is 6.92 Å². The number of ether oxygens (including phenoxy) is 2. The van der Waals surface area contributed by atoms with Crippen LogP contribution >= 0.6 is 15.9 Å². The molecule has 0 aliphatic rings. The number of esters is 1. The standard InChI is InChI=1S/C23H19BrN2O4/c1-2-29-20-13-7-18(8-14-20)23(28)30-21-11-3-16(4-12-21)15-25-26-22(27)17-5-9-19(24)10-6-17/h3-15H,2H2,1H3,(H,26,27)/b25-15+. The molecule has 0 fully saturated rings. The number of amides is 1. The summed E-state index contributed by atoms with van der Waals surface area (Å²) < 4.78 is 11.6. The van der Waals surface area contributed by atoms with Gasteiger partial charge < -0.3 is 9.47 Å². The fourth-order valence-corrected chi connectivity index (χ4v) is 2.74. The van der Waals surface area contributed by atoms with Crippen LogP contribution < -0.4 is 14.9 Å². The Hall–Kier alpha value is -3.45. The quantitative estimate of drug-likeness (QED) is 0.234. The second-order valence-electron chi connectivity index (χ2n) is 6.12. The molecule has 3 rings (SSSR count). The molecule has 1 amide bonds. The number of hydrogen-bond acceptors (Lipinski definition) is 5. The first-order valence-corrected chi connectivity index (χ1v) is 9.98. The largest absolute Gasteiger partial charge is 0.494 e. The first-order valence-electron chi connectivity index (χ1n) is 9.19. The fourth-order valence-electron chi connectivity index (χ4n) is 2.47. The van der Waals surface area contributed by atoms with E-state index in [4.69, 9.17) is 9.47 Å². The minimum absolute atomic E-state index is 0.306. The molecular weight excluding hydrogens is 448 g/mol. The Morgan fingerprint density at radius 1 is 0.900 bits per heavy atom. The first-order chi connectivity index (χ1) is 14.5. The fraction of sp³-hybridized carbons (Fsp3) is 0.0870. The van der Waals surface area contributed by atoms with Crippen molar-refractivity contribution in [3.05, 3.63) is 94.0 Å². The van der Waals surface area contributed by atoms with Crippen LogP contribution in [0.4, 0.5) is 0 Å². The molecule has 3 aromatic carbocycles. The summed E-state index contributed by atoms with van der Waals surface area (Å²) >= 11 is 3.32. The molecule has 1 N–H and O–H groups in total. The average Bonchev–Trinajstić information content (AvgIpc) is 2.76. The Morgan fingerprint density at radius 3 is 2.13 bits per heavy atom. The number of hydrazone groups is 1. The highest BCUT2D eigenvalue weighted by Crippen LogP contribution is 2.16. The van der Waals surface area contributed by atoms with Crippen LogP contribution in [0.15, 0.2) is 82.4 Å². The summed E-state index contributed by atoms with van der Waals surface area (Å²) in [7, 11) is 0. The summed E-state index contributed by atoms with van der Waals surface area (Å²) in [5, 5.41) is 3.95. The van der Waals surface area contributed by atoms with Gasteiger partial charge in [-0.15, -0.1) is 0 Å². The van der Waals surface area contributed by atoms with E-state index in [-0.39, 0.29) is 5.91 Å². The second-order valence-corrected chi connectivity index (χ2v) is 7.04. The molecule has 152 valence electrons. The van der Waals surface area contributed by atoms with E-state index in [1.54, 1.807) is 72.8 Å². The highest BCUT2D eigenvalue weighted by Gasteiger charge is 2.09. The van der Waals surface area contributed by atoms with Crippen molar-refractivity contribution < 1.29 is 19.1 Å². The van der Waals surface area contributed by atoms with Crippen LogP contribution in [0.5, 0.6) is 11.5 Å². The topological polar surface area (TPSA) is 77.0 Å². The van der Waals surface area contributed by atoms with Gasteiger partial charge in [-0.25, -0.2) is 10.2 Å². The number of hydrogen-bond donors (Lipinski definition) is 1. The lowest BCUT2D eigenvalue weighted by molar-refractivity contribution is 0.0734. The van der Waals surface area contributed by atoms with E-state index >= 15 is 0 Å². The van der Waals surface area contributed by atoms with Gasteiger partial charge in [-0.2, -0.15) is 5.10 Å². The summed E-state index contributed by atoms with van der Waals surface area (Å²) in [6, 6.07) is 20.5. The zero-order valence-corrected chi connectivity index (χ0v) is 17.8. The highest BCUT2D eigenvalue weighted by molar-refractivity contribution is 9.10. The van der Waals surface area contributed by atoms with Crippen LogP contribution in [0, 0.1) is 0 Å². The molecule has 0 spiro atoms. The van der Waals surface area contributed by atoms with E-state index in [1.807, 2.05) is 6.92 Å². The van der Waals surface area contributed by atoms with Crippen LogP contribution in [0.2, 0.25) is 0 Å². The summed E-state index contributed by atoms with van der Waals surface area (Å²) in [5.41, 5.74) is 4.15. The van der Waals surface area contributed by atoms with Gasteiger partial charge in [-0.05, 0) is 85.3 Å². The van der Waals surface area contributed by atoms with Crippen molar-refractivity contribution in [3.63, 3.8) is 0 Å². The van der Waals surface area contributed by atoms with Crippen molar-refractivity contribution >= 4 is 34.0 Å². The van der Waals surface area contributed by atoms with Gasteiger partial charge in [0.1, 0.15) is 11.5 Å². The van der Waals surface area contributed by atoms with Crippen LogP contribution in [-0.2, 0) is 0 Å². The van der Waals surface area contributed by atoms with Crippen molar-refractivity contribution in [2.24, 2.45) is 5.10 Å². The maximum Gasteiger partial charge on any atom is 0.343 e. The van der Waals surface area contributed by atoms with Gasteiger partial charge in [0, 0.05) is 10.0 Å². The molecule has 0 aliphatic heterocycles.